The van der Waals surface area contributed by atoms with Gasteiger partial charge in [0, 0.05) is 5.54 Å². The Morgan fingerprint density at radius 1 is 1.25 bits per heavy atom. The number of nitrogens with zero attached hydrogens (tertiary/aromatic N) is 2. The molecular formula is C13H19N3. The van der Waals surface area contributed by atoms with E-state index in [1.165, 1.54) is 0 Å². The van der Waals surface area contributed by atoms with Gasteiger partial charge in [0.1, 0.15) is 0 Å². The summed E-state index contributed by atoms with van der Waals surface area (Å²) in [5.74, 6) is 0.618. The molecular weight excluding hydrogens is 198 g/mol. The van der Waals surface area contributed by atoms with Crippen LogP contribution in [0.5, 0.6) is 0 Å². The van der Waals surface area contributed by atoms with Gasteiger partial charge >= 0.3 is 0 Å². The van der Waals surface area contributed by atoms with Crippen molar-refractivity contribution >= 4 is 17.0 Å². The van der Waals surface area contributed by atoms with E-state index < -0.39 is 0 Å². The predicted molar refractivity (Wildman–Crippen MR) is 68.4 cm³/mol. The van der Waals surface area contributed by atoms with E-state index in [1.807, 2.05) is 18.2 Å². The molecule has 0 atom stereocenters. The number of aromatic nitrogens is 2. The highest BCUT2D eigenvalue weighted by Gasteiger charge is 2.26. The van der Waals surface area contributed by atoms with Crippen LogP contribution in [-0.4, -0.2) is 9.55 Å². The smallest absolute Gasteiger partial charge is 0.201 e. The van der Waals surface area contributed by atoms with Gasteiger partial charge in [-0.2, -0.15) is 0 Å². The number of hydrogen-bond donors (Lipinski definition) is 1. The molecule has 2 rings (SSSR count). The van der Waals surface area contributed by atoms with Crippen LogP contribution < -0.4 is 5.73 Å². The summed E-state index contributed by atoms with van der Waals surface area (Å²) in [5, 5.41) is 0. The normalized spacial score (nSPS) is 12.2. The van der Waals surface area contributed by atoms with Crippen molar-refractivity contribution in [2.75, 3.05) is 5.73 Å². The van der Waals surface area contributed by atoms with Crippen molar-refractivity contribution in [3.8, 4) is 0 Å². The summed E-state index contributed by atoms with van der Waals surface area (Å²) in [6.45, 7) is 6.62. The number of hydrogen-bond acceptors (Lipinski definition) is 2. The van der Waals surface area contributed by atoms with Crippen LogP contribution in [0, 0.1) is 0 Å². The third kappa shape index (κ3) is 1.47. The summed E-state index contributed by atoms with van der Waals surface area (Å²) in [7, 11) is 0. The first-order valence-corrected chi connectivity index (χ1v) is 5.86. The first-order valence-electron chi connectivity index (χ1n) is 5.86. The minimum atomic E-state index is 0.0557. The number of nitrogens with two attached hydrogens (primary N) is 1. The number of benzene rings is 1. The highest BCUT2D eigenvalue weighted by molar-refractivity contribution is 5.78. The molecule has 0 radical (unpaired) electrons. The lowest BCUT2D eigenvalue weighted by Gasteiger charge is -2.30. The molecule has 0 saturated carbocycles. The van der Waals surface area contributed by atoms with Crippen molar-refractivity contribution in [2.24, 2.45) is 0 Å². The molecule has 0 saturated heterocycles. The van der Waals surface area contributed by atoms with Gasteiger partial charge < -0.3 is 10.3 Å². The van der Waals surface area contributed by atoms with Crippen LogP contribution >= 0.6 is 0 Å². The van der Waals surface area contributed by atoms with E-state index in [4.69, 9.17) is 5.73 Å². The molecule has 16 heavy (non-hydrogen) atoms. The Hall–Kier alpha value is -1.51. The van der Waals surface area contributed by atoms with E-state index in [-0.39, 0.29) is 5.54 Å². The van der Waals surface area contributed by atoms with Gasteiger partial charge in [0.05, 0.1) is 11.0 Å². The summed E-state index contributed by atoms with van der Waals surface area (Å²) in [5.41, 5.74) is 8.21. The zero-order chi connectivity index (χ0) is 11.8. The van der Waals surface area contributed by atoms with Crippen molar-refractivity contribution in [3.63, 3.8) is 0 Å². The first-order chi connectivity index (χ1) is 7.62. The number of para-hydroxylation sites is 2. The number of fused-ring (bicyclic) bond motifs is 1. The second-order valence-corrected chi connectivity index (χ2v) is 4.50. The lowest BCUT2D eigenvalue weighted by Crippen LogP contribution is -2.29. The molecule has 1 aromatic heterocycles. The average Bonchev–Trinajstić information content (AvgIpc) is 2.64. The fourth-order valence-electron chi connectivity index (χ4n) is 2.18. The molecule has 86 valence electrons. The molecule has 0 fully saturated rings. The molecule has 0 unspecified atom stereocenters. The van der Waals surface area contributed by atoms with Crippen LogP contribution in [0.2, 0.25) is 0 Å². The SMILES string of the molecule is CCC(C)(CC)n1c(N)nc2ccccc21. The number of imidazole rings is 1. The van der Waals surface area contributed by atoms with Gasteiger partial charge in [0.2, 0.25) is 5.95 Å². The van der Waals surface area contributed by atoms with Crippen LogP contribution in [0.4, 0.5) is 5.95 Å². The van der Waals surface area contributed by atoms with Crippen LogP contribution in [0.3, 0.4) is 0 Å². The Balaban J connectivity index is 2.72. The summed E-state index contributed by atoms with van der Waals surface area (Å²) < 4.78 is 2.17. The molecule has 0 aliphatic heterocycles. The monoisotopic (exact) mass is 217 g/mol. The second kappa shape index (κ2) is 3.81. The van der Waals surface area contributed by atoms with Crippen molar-refractivity contribution < 1.29 is 0 Å². The summed E-state index contributed by atoms with van der Waals surface area (Å²) >= 11 is 0. The zero-order valence-electron chi connectivity index (χ0n) is 10.2. The summed E-state index contributed by atoms with van der Waals surface area (Å²) in [6.07, 6.45) is 2.10. The second-order valence-electron chi connectivity index (χ2n) is 4.50. The fourth-order valence-corrected chi connectivity index (χ4v) is 2.18. The van der Waals surface area contributed by atoms with E-state index >= 15 is 0 Å². The van der Waals surface area contributed by atoms with Gasteiger partial charge in [-0.15, -0.1) is 0 Å². The molecule has 1 heterocycles. The average molecular weight is 217 g/mol. The highest BCUT2D eigenvalue weighted by Crippen LogP contribution is 2.31. The molecule has 0 aliphatic rings. The maximum Gasteiger partial charge on any atom is 0.201 e. The Bertz CT molecular complexity index is 495. The molecule has 3 heteroatoms. The Labute approximate surface area is 96.3 Å². The van der Waals surface area contributed by atoms with Crippen LogP contribution in [-0.2, 0) is 5.54 Å². The van der Waals surface area contributed by atoms with Gasteiger partial charge in [-0.05, 0) is 31.9 Å². The predicted octanol–water partition coefficient (Wildman–Crippen LogP) is 3.15. The summed E-state index contributed by atoms with van der Waals surface area (Å²) in [6, 6.07) is 8.12. The zero-order valence-corrected chi connectivity index (χ0v) is 10.2. The molecule has 3 nitrogen and oxygen atoms in total. The molecule has 0 spiro atoms. The standard InChI is InChI=1S/C13H19N3/c1-4-13(3,5-2)16-11-9-7-6-8-10(11)15-12(16)14/h6-9H,4-5H2,1-3H3,(H2,14,15). The van der Waals surface area contributed by atoms with Gasteiger partial charge in [-0.3, -0.25) is 0 Å². The van der Waals surface area contributed by atoms with Crippen LogP contribution in [0.25, 0.3) is 11.0 Å². The van der Waals surface area contributed by atoms with Gasteiger partial charge in [-0.1, -0.05) is 26.0 Å². The maximum atomic E-state index is 6.04. The number of nitrogen functional groups attached to an aromatic ring is 1. The first kappa shape index (κ1) is 11.0. The topological polar surface area (TPSA) is 43.8 Å². The number of rotatable bonds is 3. The quantitative estimate of drug-likeness (QED) is 0.858. The van der Waals surface area contributed by atoms with Gasteiger partial charge in [0.15, 0.2) is 0 Å². The Morgan fingerprint density at radius 3 is 2.50 bits per heavy atom. The minimum Gasteiger partial charge on any atom is -0.369 e. The van der Waals surface area contributed by atoms with E-state index in [0.717, 1.165) is 23.9 Å². The summed E-state index contributed by atoms with van der Waals surface area (Å²) in [4.78, 5) is 4.42. The Morgan fingerprint density at radius 2 is 1.88 bits per heavy atom. The third-order valence-electron chi connectivity index (χ3n) is 3.65. The van der Waals surface area contributed by atoms with E-state index in [1.54, 1.807) is 0 Å². The third-order valence-corrected chi connectivity index (χ3v) is 3.65. The molecule has 0 amide bonds. The Kier molecular flexibility index (Phi) is 2.62. The lowest BCUT2D eigenvalue weighted by molar-refractivity contribution is 0.307. The van der Waals surface area contributed by atoms with Gasteiger partial charge in [0.25, 0.3) is 0 Å². The van der Waals surface area contributed by atoms with Crippen molar-refractivity contribution in [2.45, 2.75) is 39.2 Å². The highest BCUT2D eigenvalue weighted by atomic mass is 15.2. The van der Waals surface area contributed by atoms with Gasteiger partial charge in [-0.25, -0.2) is 4.98 Å². The molecule has 2 aromatic rings. The van der Waals surface area contributed by atoms with Crippen molar-refractivity contribution in [1.29, 1.82) is 0 Å². The van der Waals surface area contributed by atoms with Crippen LogP contribution in [0.1, 0.15) is 33.6 Å². The van der Waals surface area contributed by atoms with Crippen molar-refractivity contribution in [3.05, 3.63) is 24.3 Å². The lowest BCUT2D eigenvalue weighted by atomic mass is 9.95. The minimum absolute atomic E-state index is 0.0557. The molecule has 2 N–H and O–H groups in total. The van der Waals surface area contributed by atoms with E-state index in [9.17, 15) is 0 Å². The van der Waals surface area contributed by atoms with Crippen LogP contribution in [0.15, 0.2) is 24.3 Å². The molecule has 0 bridgehead atoms. The molecule has 1 aromatic carbocycles. The fraction of sp³-hybridized carbons (Fsp3) is 0.462. The van der Waals surface area contributed by atoms with E-state index in [2.05, 4.69) is 36.4 Å². The maximum absolute atomic E-state index is 6.04. The largest absolute Gasteiger partial charge is 0.369 e. The van der Waals surface area contributed by atoms with E-state index in [0.29, 0.717) is 5.95 Å². The molecule has 0 aliphatic carbocycles. The van der Waals surface area contributed by atoms with Crippen molar-refractivity contribution in [1.82, 2.24) is 9.55 Å². The number of anilines is 1.